The van der Waals surface area contributed by atoms with Crippen molar-refractivity contribution in [3.05, 3.63) is 35.4 Å². The molecule has 1 amide bonds. The van der Waals surface area contributed by atoms with Gasteiger partial charge in [0.2, 0.25) is 0 Å². The largest absolute Gasteiger partial charge is 0.393 e. The van der Waals surface area contributed by atoms with E-state index in [9.17, 15) is 13.6 Å². The molecule has 0 heterocycles. The predicted molar refractivity (Wildman–Crippen MR) is 57.4 cm³/mol. The van der Waals surface area contributed by atoms with Crippen LogP contribution in [-0.2, 0) is 0 Å². The van der Waals surface area contributed by atoms with E-state index in [1.54, 1.807) is 0 Å². The van der Waals surface area contributed by atoms with Gasteiger partial charge in [0.15, 0.2) is 0 Å². The molecule has 5 heteroatoms. The average molecular weight is 241 g/mol. The highest BCUT2D eigenvalue weighted by Crippen LogP contribution is 2.26. The van der Waals surface area contributed by atoms with Crippen LogP contribution < -0.4 is 5.32 Å². The number of aliphatic hydroxyl groups is 1. The van der Waals surface area contributed by atoms with Gasteiger partial charge >= 0.3 is 0 Å². The summed E-state index contributed by atoms with van der Waals surface area (Å²) in [4.78, 5) is 11.6. The summed E-state index contributed by atoms with van der Waals surface area (Å²) in [5.74, 6) is -2.28. The van der Waals surface area contributed by atoms with E-state index in [4.69, 9.17) is 5.11 Å². The van der Waals surface area contributed by atoms with E-state index < -0.39 is 23.1 Å². The van der Waals surface area contributed by atoms with Crippen LogP contribution in [0.3, 0.4) is 0 Å². The van der Waals surface area contributed by atoms with E-state index in [0.29, 0.717) is 19.4 Å². The molecule has 1 aliphatic rings. The molecule has 0 saturated heterocycles. The first kappa shape index (κ1) is 12.0. The lowest BCUT2D eigenvalue weighted by Crippen LogP contribution is -2.38. The number of amides is 1. The van der Waals surface area contributed by atoms with Crippen LogP contribution >= 0.6 is 0 Å². The zero-order valence-corrected chi connectivity index (χ0v) is 9.12. The fraction of sp³-hybridized carbons (Fsp3) is 0.417. The fourth-order valence-electron chi connectivity index (χ4n) is 1.91. The second-order valence-corrected chi connectivity index (χ2v) is 4.30. The van der Waals surface area contributed by atoms with Gasteiger partial charge in [-0.05, 0) is 30.9 Å². The summed E-state index contributed by atoms with van der Waals surface area (Å²) in [6.45, 7) is 0.337. The molecule has 0 unspecified atom stereocenters. The van der Waals surface area contributed by atoms with Crippen LogP contribution in [0.15, 0.2) is 18.2 Å². The lowest BCUT2D eigenvalue weighted by molar-refractivity contribution is 0.0419. The Kier molecular flexibility index (Phi) is 3.38. The molecule has 0 atom stereocenters. The zero-order chi connectivity index (χ0) is 12.4. The van der Waals surface area contributed by atoms with Gasteiger partial charge in [0.1, 0.15) is 17.2 Å². The predicted octanol–water partition coefficient (Wildman–Crippen LogP) is 1.47. The van der Waals surface area contributed by atoms with E-state index >= 15 is 0 Å². The molecule has 1 saturated carbocycles. The van der Waals surface area contributed by atoms with Crippen molar-refractivity contribution in [2.24, 2.45) is 5.92 Å². The molecule has 0 bridgehead atoms. The molecule has 2 rings (SSSR count). The molecule has 3 nitrogen and oxygen atoms in total. The molecule has 1 aromatic carbocycles. The van der Waals surface area contributed by atoms with E-state index in [1.807, 2.05) is 0 Å². The Morgan fingerprint density at radius 3 is 2.47 bits per heavy atom. The molecule has 92 valence electrons. The van der Waals surface area contributed by atoms with Crippen molar-refractivity contribution in [2.75, 3.05) is 6.54 Å². The molecular formula is C12H13F2NO2. The number of hydrogen-bond donors (Lipinski definition) is 2. The van der Waals surface area contributed by atoms with Crippen molar-refractivity contribution >= 4 is 5.91 Å². The number of nitrogens with one attached hydrogen (secondary N) is 1. The SMILES string of the molecule is O=C(NCC1CC(O)C1)c1c(F)cccc1F. The van der Waals surface area contributed by atoms with Gasteiger partial charge in [-0.1, -0.05) is 6.07 Å². The molecule has 1 aromatic rings. The van der Waals surface area contributed by atoms with Gasteiger partial charge in [-0.25, -0.2) is 8.78 Å². The molecule has 17 heavy (non-hydrogen) atoms. The number of halogens is 2. The summed E-state index contributed by atoms with van der Waals surface area (Å²) >= 11 is 0. The van der Waals surface area contributed by atoms with E-state index in [2.05, 4.69) is 5.32 Å². The van der Waals surface area contributed by atoms with Gasteiger partial charge in [0.05, 0.1) is 6.10 Å². The normalized spacial score (nSPS) is 23.0. The van der Waals surface area contributed by atoms with Crippen LogP contribution in [0.4, 0.5) is 8.78 Å². The van der Waals surface area contributed by atoms with Gasteiger partial charge in [-0.2, -0.15) is 0 Å². The van der Waals surface area contributed by atoms with Gasteiger partial charge < -0.3 is 10.4 Å². The average Bonchev–Trinajstić information content (AvgIpc) is 2.22. The number of benzene rings is 1. The molecule has 2 N–H and O–H groups in total. The highest BCUT2D eigenvalue weighted by atomic mass is 19.1. The van der Waals surface area contributed by atoms with Crippen molar-refractivity contribution in [1.29, 1.82) is 0 Å². The zero-order valence-electron chi connectivity index (χ0n) is 9.12. The molecule has 1 fully saturated rings. The van der Waals surface area contributed by atoms with Crippen molar-refractivity contribution in [3.8, 4) is 0 Å². The molecule has 0 spiro atoms. The third kappa shape index (κ3) is 2.61. The number of rotatable bonds is 3. The van der Waals surface area contributed by atoms with Crippen molar-refractivity contribution in [1.82, 2.24) is 5.32 Å². The van der Waals surface area contributed by atoms with Gasteiger partial charge in [0, 0.05) is 6.54 Å². The minimum absolute atomic E-state index is 0.198. The lowest BCUT2D eigenvalue weighted by atomic mass is 9.82. The Morgan fingerprint density at radius 1 is 1.35 bits per heavy atom. The first-order chi connectivity index (χ1) is 8.08. The first-order valence-corrected chi connectivity index (χ1v) is 5.48. The van der Waals surface area contributed by atoms with Crippen LogP contribution in [0.25, 0.3) is 0 Å². The molecule has 0 aliphatic heterocycles. The summed E-state index contributed by atoms with van der Waals surface area (Å²) in [6.07, 6.45) is 0.946. The van der Waals surface area contributed by atoms with E-state index in [-0.39, 0.29) is 12.0 Å². The number of carbonyl (C=O) groups excluding carboxylic acids is 1. The highest BCUT2D eigenvalue weighted by Gasteiger charge is 2.27. The van der Waals surface area contributed by atoms with E-state index in [0.717, 1.165) is 12.1 Å². The third-order valence-corrected chi connectivity index (χ3v) is 2.95. The molecule has 0 aromatic heterocycles. The summed E-state index contributed by atoms with van der Waals surface area (Å²) in [5, 5.41) is 11.5. The van der Waals surface area contributed by atoms with Gasteiger partial charge in [-0.15, -0.1) is 0 Å². The van der Waals surface area contributed by atoms with Crippen molar-refractivity contribution in [3.63, 3.8) is 0 Å². The van der Waals surface area contributed by atoms with E-state index in [1.165, 1.54) is 6.07 Å². The van der Waals surface area contributed by atoms with Crippen LogP contribution in [-0.4, -0.2) is 23.7 Å². The number of hydrogen-bond acceptors (Lipinski definition) is 2. The van der Waals surface area contributed by atoms with Crippen molar-refractivity contribution < 1.29 is 18.7 Å². The van der Waals surface area contributed by atoms with Gasteiger partial charge in [0.25, 0.3) is 5.91 Å². The minimum Gasteiger partial charge on any atom is -0.393 e. The summed E-state index contributed by atoms with van der Waals surface area (Å²) in [5.41, 5.74) is -0.549. The monoisotopic (exact) mass is 241 g/mol. The smallest absolute Gasteiger partial charge is 0.257 e. The Labute approximate surface area is 97.5 Å². The number of aliphatic hydroxyl groups excluding tert-OH is 1. The van der Waals surface area contributed by atoms with Crippen LogP contribution in [0.2, 0.25) is 0 Å². The minimum atomic E-state index is -0.865. The Bertz CT molecular complexity index is 410. The Balaban J connectivity index is 1.95. The Morgan fingerprint density at radius 2 is 1.94 bits per heavy atom. The number of carbonyl (C=O) groups is 1. The second kappa shape index (κ2) is 4.79. The maximum atomic E-state index is 13.2. The molecule has 1 aliphatic carbocycles. The standard InChI is InChI=1S/C12H13F2NO2/c13-9-2-1-3-10(14)11(9)12(17)15-6-7-4-8(16)5-7/h1-3,7-8,16H,4-6H2,(H,15,17). The second-order valence-electron chi connectivity index (χ2n) is 4.30. The van der Waals surface area contributed by atoms with Crippen LogP contribution in [0, 0.1) is 17.6 Å². The third-order valence-electron chi connectivity index (χ3n) is 2.95. The van der Waals surface area contributed by atoms with Crippen molar-refractivity contribution in [2.45, 2.75) is 18.9 Å². The highest BCUT2D eigenvalue weighted by molar-refractivity contribution is 5.94. The maximum absolute atomic E-state index is 13.2. The lowest BCUT2D eigenvalue weighted by Gasteiger charge is -2.31. The summed E-state index contributed by atoms with van der Waals surface area (Å²) in [6, 6.07) is 3.31. The maximum Gasteiger partial charge on any atom is 0.257 e. The summed E-state index contributed by atoms with van der Waals surface area (Å²) in [7, 11) is 0. The fourth-order valence-corrected chi connectivity index (χ4v) is 1.91. The Hall–Kier alpha value is -1.49. The van der Waals surface area contributed by atoms with Gasteiger partial charge in [-0.3, -0.25) is 4.79 Å². The van der Waals surface area contributed by atoms with Crippen LogP contribution in [0.1, 0.15) is 23.2 Å². The first-order valence-electron chi connectivity index (χ1n) is 5.48. The summed E-state index contributed by atoms with van der Waals surface area (Å²) < 4.78 is 26.5. The molecular weight excluding hydrogens is 228 g/mol. The quantitative estimate of drug-likeness (QED) is 0.841. The molecule has 0 radical (unpaired) electrons. The topological polar surface area (TPSA) is 49.3 Å². The van der Waals surface area contributed by atoms with Crippen LogP contribution in [0.5, 0.6) is 0 Å².